The number of nitrogens with one attached hydrogen (secondary N) is 2. The molecule has 0 atom stereocenters. The summed E-state index contributed by atoms with van der Waals surface area (Å²) >= 11 is 1.79. The van der Waals surface area contributed by atoms with Gasteiger partial charge in [0.2, 0.25) is 0 Å². The van der Waals surface area contributed by atoms with E-state index in [0.29, 0.717) is 6.54 Å². The second-order valence-corrected chi connectivity index (χ2v) is 6.46. The van der Waals surface area contributed by atoms with E-state index in [1.165, 1.54) is 10.3 Å². The lowest BCUT2D eigenvalue weighted by Crippen LogP contribution is -2.38. The molecule has 1 aromatic carbocycles. The van der Waals surface area contributed by atoms with E-state index in [2.05, 4.69) is 57.2 Å². The van der Waals surface area contributed by atoms with Crippen molar-refractivity contribution in [2.75, 3.05) is 13.1 Å². The zero-order chi connectivity index (χ0) is 16.6. The van der Waals surface area contributed by atoms with Gasteiger partial charge in [-0.1, -0.05) is 30.3 Å². The summed E-state index contributed by atoms with van der Waals surface area (Å²) in [7, 11) is 0. The first-order valence-electron chi connectivity index (χ1n) is 8.24. The number of rotatable bonds is 6. The molecule has 0 saturated heterocycles. The van der Waals surface area contributed by atoms with Crippen LogP contribution in [0.25, 0.3) is 10.8 Å². The van der Waals surface area contributed by atoms with Gasteiger partial charge in [0.15, 0.2) is 5.96 Å². The van der Waals surface area contributed by atoms with E-state index in [-0.39, 0.29) is 0 Å². The molecule has 24 heavy (non-hydrogen) atoms. The largest absolute Gasteiger partial charge is 0.357 e. The Morgan fingerprint density at radius 2 is 2.04 bits per heavy atom. The molecule has 4 nitrogen and oxygen atoms in total. The van der Waals surface area contributed by atoms with Gasteiger partial charge in [-0.3, -0.25) is 4.98 Å². The predicted octanol–water partition coefficient (Wildman–Crippen LogP) is 3.59. The zero-order valence-corrected chi connectivity index (χ0v) is 14.6. The molecule has 0 aliphatic carbocycles. The summed E-state index contributed by atoms with van der Waals surface area (Å²) in [6.07, 6.45) is 2.86. The third kappa shape index (κ3) is 4.32. The molecule has 0 aliphatic heterocycles. The summed E-state index contributed by atoms with van der Waals surface area (Å²) in [6.45, 7) is 4.35. The average Bonchev–Trinajstić information content (AvgIpc) is 3.13. The second-order valence-electron chi connectivity index (χ2n) is 5.43. The number of hydrogen-bond acceptors (Lipinski definition) is 3. The summed E-state index contributed by atoms with van der Waals surface area (Å²) < 4.78 is 0. The Morgan fingerprint density at radius 1 is 1.12 bits per heavy atom. The fraction of sp³-hybridized carbons (Fsp3) is 0.263. The van der Waals surface area contributed by atoms with Gasteiger partial charge in [-0.2, -0.15) is 0 Å². The zero-order valence-electron chi connectivity index (χ0n) is 13.8. The first kappa shape index (κ1) is 16.5. The Labute approximate surface area is 146 Å². The second kappa shape index (κ2) is 8.45. The highest BCUT2D eigenvalue weighted by Crippen LogP contribution is 2.16. The van der Waals surface area contributed by atoms with Crippen LogP contribution in [0.2, 0.25) is 0 Å². The molecule has 0 fully saturated rings. The lowest BCUT2D eigenvalue weighted by atomic mass is 10.1. The van der Waals surface area contributed by atoms with Crippen LogP contribution < -0.4 is 10.6 Å². The molecule has 3 rings (SSSR count). The van der Waals surface area contributed by atoms with Crippen LogP contribution >= 0.6 is 11.3 Å². The highest BCUT2D eigenvalue weighted by Gasteiger charge is 2.03. The maximum atomic E-state index is 4.69. The number of fused-ring (bicyclic) bond motifs is 1. The molecule has 2 N–H and O–H groups in total. The molecule has 2 heterocycles. The fourth-order valence-corrected chi connectivity index (χ4v) is 3.27. The van der Waals surface area contributed by atoms with E-state index in [1.807, 2.05) is 24.4 Å². The van der Waals surface area contributed by atoms with Crippen LogP contribution in [0.3, 0.4) is 0 Å². The van der Waals surface area contributed by atoms with Crippen LogP contribution in [0.15, 0.2) is 59.0 Å². The topological polar surface area (TPSA) is 49.3 Å². The summed E-state index contributed by atoms with van der Waals surface area (Å²) in [4.78, 5) is 10.6. The van der Waals surface area contributed by atoms with Gasteiger partial charge in [0.05, 0.1) is 12.2 Å². The molecule has 0 amide bonds. The van der Waals surface area contributed by atoms with E-state index in [1.54, 1.807) is 11.3 Å². The first-order chi connectivity index (χ1) is 11.9. The maximum Gasteiger partial charge on any atom is 0.191 e. The fourth-order valence-electron chi connectivity index (χ4n) is 2.56. The molecule has 0 spiro atoms. The van der Waals surface area contributed by atoms with E-state index < -0.39 is 0 Å². The number of thiophene rings is 1. The minimum atomic E-state index is 0.565. The van der Waals surface area contributed by atoms with Gasteiger partial charge in [-0.15, -0.1) is 11.3 Å². The number of guanidine groups is 1. The van der Waals surface area contributed by atoms with Crippen molar-refractivity contribution >= 4 is 28.1 Å². The number of pyridine rings is 1. The van der Waals surface area contributed by atoms with Crippen LogP contribution in [-0.4, -0.2) is 24.0 Å². The molecule has 124 valence electrons. The number of aromatic nitrogens is 1. The normalized spacial score (nSPS) is 11.6. The Bertz CT molecular complexity index is 791. The molecule has 2 aromatic heterocycles. The lowest BCUT2D eigenvalue weighted by molar-refractivity contribution is 0.802. The Kier molecular flexibility index (Phi) is 5.80. The first-order valence-corrected chi connectivity index (χ1v) is 9.12. The number of hydrogen-bond donors (Lipinski definition) is 2. The van der Waals surface area contributed by atoms with Crippen molar-refractivity contribution in [2.45, 2.75) is 19.9 Å². The van der Waals surface area contributed by atoms with Crippen LogP contribution in [-0.2, 0) is 13.0 Å². The molecule has 5 heteroatoms. The van der Waals surface area contributed by atoms with Crippen LogP contribution in [0, 0.1) is 0 Å². The van der Waals surface area contributed by atoms with Crippen molar-refractivity contribution in [1.82, 2.24) is 15.6 Å². The van der Waals surface area contributed by atoms with Gasteiger partial charge in [0.25, 0.3) is 0 Å². The van der Waals surface area contributed by atoms with Gasteiger partial charge in [0, 0.05) is 29.5 Å². The summed E-state index contributed by atoms with van der Waals surface area (Å²) in [5.41, 5.74) is 1.00. The molecule has 3 aromatic rings. The standard InChI is InChI=1S/C19H22N4S/c1-2-20-19(22-12-10-16-7-5-13-24-16)23-14-18-17-8-4-3-6-15(17)9-11-21-18/h3-9,11,13H,2,10,12,14H2,1H3,(H2,20,22,23). The third-order valence-electron chi connectivity index (χ3n) is 3.73. The van der Waals surface area contributed by atoms with E-state index in [0.717, 1.165) is 36.6 Å². The third-order valence-corrected chi connectivity index (χ3v) is 4.67. The Balaban J connectivity index is 1.66. The highest BCUT2D eigenvalue weighted by atomic mass is 32.1. The van der Waals surface area contributed by atoms with E-state index in [4.69, 9.17) is 0 Å². The van der Waals surface area contributed by atoms with Gasteiger partial charge in [0.1, 0.15) is 0 Å². The Hall–Kier alpha value is -2.40. The van der Waals surface area contributed by atoms with Crippen molar-refractivity contribution < 1.29 is 0 Å². The number of nitrogens with zero attached hydrogens (tertiary/aromatic N) is 2. The van der Waals surface area contributed by atoms with Crippen molar-refractivity contribution in [1.29, 1.82) is 0 Å². The van der Waals surface area contributed by atoms with Gasteiger partial charge in [-0.25, -0.2) is 4.99 Å². The minimum Gasteiger partial charge on any atom is -0.357 e. The van der Waals surface area contributed by atoms with Crippen molar-refractivity contribution in [3.8, 4) is 0 Å². The van der Waals surface area contributed by atoms with Crippen molar-refractivity contribution in [3.63, 3.8) is 0 Å². The average molecular weight is 338 g/mol. The van der Waals surface area contributed by atoms with Crippen LogP contribution in [0.1, 0.15) is 17.5 Å². The van der Waals surface area contributed by atoms with Gasteiger partial charge in [-0.05, 0) is 36.2 Å². The van der Waals surface area contributed by atoms with Crippen LogP contribution in [0.5, 0.6) is 0 Å². The van der Waals surface area contributed by atoms with Crippen molar-refractivity contribution in [2.24, 2.45) is 4.99 Å². The maximum absolute atomic E-state index is 4.69. The molecular weight excluding hydrogens is 316 g/mol. The van der Waals surface area contributed by atoms with E-state index in [9.17, 15) is 0 Å². The Morgan fingerprint density at radius 3 is 2.88 bits per heavy atom. The summed E-state index contributed by atoms with van der Waals surface area (Å²) in [5, 5.41) is 11.2. The highest BCUT2D eigenvalue weighted by molar-refractivity contribution is 7.09. The molecule has 0 aliphatic rings. The summed E-state index contributed by atoms with van der Waals surface area (Å²) in [5.74, 6) is 0.837. The number of benzene rings is 1. The van der Waals surface area contributed by atoms with E-state index >= 15 is 0 Å². The number of aliphatic imine (C=N–C) groups is 1. The lowest BCUT2D eigenvalue weighted by Gasteiger charge is -2.11. The quantitative estimate of drug-likeness (QED) is 0.533. The van der Waals surface area contributed by atoms with Gasteiger partial charge >= 0.3 is 0 Å². The minimum absolute atomic E-state index is 0.565. The van der Waals surface area contributed by atoms with Gasteiger partial charge < -0.3 is 10.6 Å². The molecule has 0 bridgehead atoms. The SMILES string of the molecule is CCNC(=NCc1nccc2ccccc12)NCCc1cccs1. The molecular formula is C19H22N4S. The summed E-state index contributed by atoms with van der Waals surface area (Å²) in [6, 6.07) is 14.6. The predicted molar refractivity (Wildman–Crippen MR) is 103 cm³/mol. The monoisotopic (exact) mass is 338 g/mol. The molecule has 0 unspecified atom stereocenters. The molecule has 0 saturated carbocycles. The van der Waals surface area contributed by atoms with Crippen molar-refractivity contribution in [3.05, 3.63) is 64.6 Å². The van der Waals surface area contributed by atoms with Crippen LogP contribution in [0.4, 0.5) is 0 Å². The smallest absolute Gasteiger partial charge is 0.191 e. The molecule has 0 radical (unpaired) electrons.